The first kappa shape index (κ1) is 19.6. The second-order valence-corrected chi connectivity index (χ2v) is 6.73. The second-order valence-electron chi connectivity index (χ2n) is 6.73. The van der Waals surface area contributed by atoms with Crippen molar-refractivity contribution in [1.82, 2.24) is 9.55 Å². The van der Waals surface area contributed by atoms with Crippen LogP contribution >= 0.6 is 0 Å². The number of hydrogen-bond acceptors (Lipinski definition) is 5. The van der Waals surface area contributed by atoms with Crippen LogP contribution in [0.15, 0.2) is 54.7 Å². The van der Waals surface area contributed by atoms with E-state index in [-0.39, 0.29) is 23.7 Å². The number of fused-ring (bicyclic) bond motifs is 1. The summed E-state index contributed by atoms with van der Waals surface area (Å²) in [4.78, 5) is 14.0. The quantitative estimate of drug-likeness (QED) is 0.278. The van der Waals surface area contributed by atoms with Crippen molar-refractivity contribution in [2.75, 3.05) is 13.2 Å². The molecule has 1 aromatic heterocycles. The molecule has 8 heteroatoms. The van der Waals surface area contributed by atoms with Gasteiger partial charge in [-0.25, -0.2) is 4.39 Å². The lowest BCUT2D eigenvalue weighted by molar-refractivity contribution is -0.389. The van der Waals surface area contributed by atoms with Gasteiger partial charge in [-0.2, -0.15) is 0 Å². The summed E-state index contributed by atoms with van der Waals surface area (Å²) in [5, 5.41) is 10.8. The summed E-state index contributed by atoms with van der Waals surface area (Å²) < 4.78 is 25.8. The van der Waals surface area contributed by atoms with Gasteiger partial charge in [-0.3, -0.25) is 4.57 Å². The lowest BCUT2D eigenvalue weighted by Gasteiger charge is -2.21. The van der Waals surface area contributed by atoms with E-state index in [1.165, 1.54) is 18.3 Å². The maximum absolute atomic E-state index is 13.0. The van der Waals surface area contributed by atoms with Gasteiger partial charge >= 0.3 is 11.8 Å². The molecule has 2 aromatic carbocycles. The highest BCUT2D eigenvalue weighted by atomic mass is 19.1. The van der Waals surface area contributed by atoms with Gasteiger partial charge in [0.2, 0.25) is 0 Å². The molecule has 3 aromatic rings. The Bertz CT molecular complexity index is 1100. The number of halogens is 1. The highest BCUT2D eigenvalue weighted by molar-refractivity contribution is 5.64. The first-order valence-electron chi connectivity index (χ1n) is 9.39. The average Bonchev–Trinajstić information content (AvgIpc) is 3.18. The van der Waals surface area contributed by atoms with Crippen LogP contribution in [0.25, 0.3) is 11.1 Å². The van der Waals surface area contributed by atoms with Crippen molar-refractivity contribution >= 4 is 5.82 Å². The van der Waals surface area contributed by atoms with Crippen LogP contribution in [0.2, 0.25) is 0 Å². The fraction of sp³-hybridized carbons (Fsp3) is 0.227. The molecule has 1 atom stereocenters. The lowest BCUT2D eigenvalue weighted by Crippen LogP contribution is -2.32. The average molecular weight is 407 g/mol. The number of aromatic nitrogens is 2. The molecule has 30 heavy (non-hydrogen) atoms. The summed E-state index contributed by atoms with van der Waals surface area (Å²) in [5.74, 6) is 5.67. The van der Waals surface area contributed by atoms with Crippen molar-refractivity contribution < 1.29 is 18.8 Å². The molecular weight excluding hydrogens is 389 g/mol. The van der Waals surface area contributed by atoms with Gasteiger partial charge in [0.25, 0.3) is 0 Å². The van der Waals surface area contributed by atoms with E-state index >= 15 is 0 Å². The number of rotatable bonds is 5. The third-order valence-corrected chi connectivity index (χ3v) is 4.59. The molecule has 152 valence electrons. The Morgan fingerprint density at radius 1 is 1.20 bits per heavy atom. The zero-order valence-electron chi connectivity index (χ0n) is 16.0. The van der Waals surface area contributed by atoms with Crippen LogP contribution in [0.1, 0.15) is 12.0 Å². The number of imidazole rings is 1. The largest absolute Gasteiger partial charge is 0.443 e. The number of ether oxygens (including phenoxy) is 2. The Kier molecular flexibility index (Phi) is 5.72. The summed E-state index contributed by atoms with van der Waals surface area (Å²) >= 11 is 0. The number of nitro groups is 1. The van der Waals surface area contributed by atoms with E-state index in [1.54, 1.807) is 16.7 Å². The van der Waals surface area contributed by atoms with Gasteiger partial charge in [0.1, 0.15) is 24.7 Å². The van der Waals surface area contributed by atoms with Crippen LogP contribution in [0.3, 0.4) is 0 Å². The van der Waals surface area contributed by atoms with Crippen molar-refractivity contribution in [3.8, 4) is 29.0 Å². The van der Waals surface area contributed by atoms with E-state index < -0.39 is 4.92 Å². The van der Waals surface area contributed by atoms with Gasteiger partial charge in [0.05, 0.1) is 13.2 Å². The molecule has 0 fully saturated rings. The number of benzene rings is 2. The van der Waals surface area contributed by atoms with Crippen LogP contribution in [-0.4, -0.2) is 33.8 Å². The fourth-order valence-corrected chi connectivity index (χ4v) is 3.09. The molecular formula is C22H18FN3O4. The monoisotopic (exact) mass is 407 g/mol. The highest BCUT2D eigenvalue weighted by Gasteiger charge is 2.28. The normalized spacial score (nSPS) is 14.9. The first-order chi connectivity index (χ1) is 14.6. The lowest BCUT2D eigenvalue weighted by atomic mass is 10.0. The van der Waals surface area contributed by atoms with Crippen molar-refractivity contribution in [2.24, 2.45) is 0 Å². The van der Waals surface area contributed by atoms with Crippen LogP contribution in [-0.2, 0) is 11.3 Å². The predicted molar refractivity (Wildman–Crippen MR) is 107 cm³/mol. The zero-order valence-corrected chi connectivity index (χ0v) is 16.0. The molecule has 4 rings (SSSR count). The maximum atomic E-state index is 13.0. The topological polar surface area (TPSA) is 79.4 Å². The summed E-state index contributed by atoms with van der Waals surface area (Å²) in [6.07, 6.45) is 1.69. The summed E-state index contributed by atoms with van der Waals surface area (Å²) in [6.45, 7) is 1.18. The van der Waals surface area contributed by atoms with Gasteiger partial charge in [-0.1, -0.05) is 36.1 Å². The molecule has 0 spiro atoms. The van der Waals surface area contributed by atoms with Gasteiger partial charge < -0.3 is 19.6 Å². The third-order valence-electron chi connectivity index (χ3n) is 4.59. The Labute approximate surface area is 172 Å². The van der Waals surface area contributed by atoms with Crippen LogP contribution in [0.5, 0.6) is 6.01 Å². The van der Waals surface area contributed by atoms with Gasteiger partial charge in [0, 0.05) is 17.0 Å². The maximum Gasteiger partial charge on any atom is 0.414 e. The Hall–Kier alpha value is -3.70. The molecule has 0 unspecified atom stereocenters. The Morgan fingerprint density at radius 2 is 1.90 bits per heavy atom. The summed E-state index contributed by atoms with van der Waals surface area (Å²) in [6, 6.07) is 14.4. The molecule has 0 bridgehead atoms. The molecule has 7 nitrogen and oxygen atoms in total. The molecule has 1 aliphatic heterocycles. The van der Waals surface area contributed by atoms with E-state index in [2.05, 4.69) is 16.8 Å². The molecule has 0 radical (unpaired) electrons. The molecule has 0 amide bonds. The minimum absolute atomic E-state index is 0.205. The van der Waals surface area contributed by atoms with E-state index in [1.807, 2.05) is 24.3 Å². The number of nitrogens with zero attached hydrogens (tertiary/aromatic N) is 3. The van der Waals surface area contributed by atoms with Crippen molar-refractivity contribution in [1.29, 1.82) is 0 Å². The summed E-state index contributed by atoms with van der Waals surface area (Å²) in [7, 11) is 0. The molecule has 0 saturated carbocycles. The predicted octanol–water partition coefficient (Wildman–Crippen LogP) is 3.82. The molecule has 0 saturated heterocycles. The Balaban J connectivity index is 1.25. The summed E-state index contributed by atoms with van der Waals surface area (Å²) in [5.41, 5.74) is 2.84. The number of hydrogen-bond donors (Lipinski definition) is 0. The first-order valence-corrected chi connectivity index (χ1v) is 9.39. The molecule has 1 aliphatic rings. The van der Waals surface area contributed by atoms with Gasteiger partial charge in [-0.05, 0) is 40.3 Å². The minimum atomic E-state index is -0.549. The smallest absolute Gasteiger partial charge is 0.414 e. The Morgan fingerprint density at radius 3 is 2.60 bits per heavy atom. The van der Waals surface area contributed by atoms with Gasteiger partial charge in [-0.15, -0.1) is 0 Å². The van der Waals surface area contributed by atoms with E-state index in [0.717, 1.165) is 16.7 Å². The van der Waals surface area contributed by atoms with Gasteiger partial charge in [0.15, 0.2) is 0 Å². The third kappa shape index (κ3) is 4.64. The minimum Gasteiger partial charge on any atom is -0.443 e. The SMILES string of the molecule is O=[N+]([O-])c1cn2c(n1)OC[C@@H](OCCC#Cc1ccc(-c3ccc(F)cc3)cc1)C2. The second kappa shape index (κ2) is 8.76. The van der Waals surface area contributed by atoms with Crippen LogP contribution in [0.4, 0.5) is 10.2 Å². The zero-order chi connectivity index (χ0) is 20.9. The van der Waals surface area contributed by atoms with E-state index in [9.17, 15) is 14.5 Å². The standard InChI is InChI=1S/C22H18FN3O4/c23-19-10-8-18(9-11-19)17-6-4-16(5-7-17)3-1-2-12-29-20-13-25-14-21(26(27)28)24-22(25)30-15-20/h4-11,14,20H,2,12-13,15H2/t20-/m0/s1. The van der Waals surface area contributed by atoms with E-state index in [4.69, 9.17) is 9.47 Å². The van der Waals surface area contributed by atoms with Crippen LogP contribution in [0, 0.1) is 27.8 Å². The highest BCUT2D eigenvalue weighted by Crippen LogP contribution is 2.22. The molecule has 0 aliphatic carbocycles. The van der Waals surface area contributed by atoms with E-state index in [0.29, 0.717) is 26.2 Å². The van der Waals surface area contributed by atoms with Crippen molar-refractivity contribution in [3.05, 3.63) is 76.2 Å². The molecule has 0 N–H and O–H groups in total. The van der Waals surface area contributed by atoms with Crippen LogP contribution < -0.4 is 4.74 Å². The molecule has 2 heterocycles. The fourth-order valence-electron chi connectivity index (χ4n) is 3.09. The van der Waals surface area contributed by atoms with Crippen molar-refractivity contribution in [2.45, 2.75) is 19.1 Å². The van der Waals surface area contributed by atoms with Crippen molar-refractivity contribution in [3.63, 3.8) is 0 Å².